The summed E-state index contributed by atoms with van der Waals surface area (Å²) >= 11 is 0. The first kappa shape index (κ1) is 27.2. The molecule has 4 rings (SSSR count). The standard InChI is InChI=1S/C27H23F2N5O5/c1-15(31-23(35)12-16-10-18(28)13-19(29)11-16)25(36)27(30)26(37)33(2)22-9-8-20(34(38)39)14-21(22)24(32-27)17-6-4-3-5-7-17/h3-11,13-15H,12,30H2,1-2H3,(H,31,35)/t15-,27?/m0/s1. The van der Waals surface area contributed by atoms with Gasteiger partial charge in [0.15, 0.2) is 0 Å². The largest absolute Gasteiger partial charge is 0.346 e. The summed E-state index contributed by atoms with van der Waals surface area (Å²) in [5.74, 6) is -4.37. The number of nitro benzene ring substituents is 1. The van der Waals surface area contributed by atoms with Gasteiger partial charge >= 0.3 is 0 Å². The van der Waals surface area contributed by atoms with Gasteiger partial charge in [0, 0.05) is 36.4 Å². The normalized spacial score (nSPS) is 17.5. The lowest BCUT2D eigenvalue weighted by Gasteiger charge is -2.28. The Balaban J connectivity index is 1.73. The minimum absolute atomic E-state index is 0.0406. The Bertz CT molecular complexity index is 1510. The van der Waals surface area contributed by atoms with Crippen LogP contribution in [0.3, 0.4) is 0 Å². The second-order valence-electron chi connectivity index (χ2n) is 9.02. The number of hydrogen-bond donors (Lipinski definition) is 2. The zero-order valence-electron chi connectivity index (χ0n) is 20.9. The van der Waals surface area contributed by atoms with Gasteiger partial charge in [0.1, 0.15) is 11.6 Å². The lowest BCUT2D eigenvalue weighted by atomic mass is 9.97. The number of nitro groups is 1. The van der Waals surface area contributed by atoms with E-state index in [0.29, 0.717) is 11.6 Å². The number of benzene rings is 3. The maximum atomic E-state index is 13.6. The van der Waals surface area contributed by atoms with E-state index in [9.17, 15) is 33.3 Å². The fourth-order valence-electron chi connectivity index (χ4n) is 4.33. The number of Topliss-reactive ketones (excluding diaryl/α,β-unsaturated/α-hetero) is 1. The molecule has 0 spiro atoms. The number of halogens is 2. The van der Waals surface area contributed by atoms with Crippen LogP contribution in [0.1, 0.15) is 23.6 Å². The summed E-state index contributed by atoms with van der Waals surface area (Å²) in [5, 5.41) is 13.9. The molecular weight excluding hydrogens is 512 g/mol. The fraction of sp³-hybridized carbons (Fsp3) is 0.185. The summed E-state index contributed by atoms with van der Waals surface area (Å²) in [7, 11) is 1.35. The summed E-state index contributed by atoms with van der Waals surface area (Å²) in [6, 6.07) is 13.5. The number of non-ortho nitro benzene ring substituents is 1. The molecule has 0 aliphatic carbocycles. The monoisotopic (exact) mass is 535 g/mol. The van der Waals surface area contributed by atoms with Crippen LogP contribution in [0.15, 0.2) is 71.7 Å². The number of fused-ring (bicyclic) bond motifs is 1. The lowest BCUT2D eigenvalue weighted by Crippen LogP contribution is -2.63. The first-order valence-corrected chi connectivity index (χ1v) is 11.7. The van der Waals surface area contributed by atoms with Crippen LogP contribution in [0.2, 0.25) is 0 Å². The summed E-state index contributed by atoms with van der Waals surface area (Å²) < 4.78 is 27.0. The molecule has 0 aromatic heterocycles. The van der Waals surface area contributed by atoms with Crippen LogP contribution in [0, 0.1) is 21.7 Å². The molecule has 200 valence electrons. The van der Waals surface area contributed by atoms with Crippen molar-refractivity contribution < 1.29 is 28.1 Å². The topological polar surface area (TPSA) is 148 Å². The molecule has 2 amide bonds. The van der Waals surface area contributed by atoms with Crippen molar-refractivity contribution in [3.8, 4) is 0 Å². The molecule has 1 heterocycles. The van der Waals surface area contributed by atoms with Crippen molar-refractivity contribution in [2.24, 2.45) is 10.7 Å². The Morgan fingerprint density at radius 3 is 2.36 bits per heavy atom. The number of likely N-dealkylation sites (N-methyl/N-ethyl adjacent to an activating group) is 1. The molecule has 3 N–H and O–H groups in total. The molecule has 2 atom stereocenters. The van der Waals surface area contributed by atoms with E-state index >= 15 is 0 Å². The van der Waals surface area contributed by atoms with Crippen molar-refractivity contribution in [3.63, 3.8) is 0 Å². The van der Waals surface area contributed by atoms with Crippen molar-refractivity contribution >= 4 is 34.7 Å². The van der Waals surface area contributed by atoms with Gasteiger partial charge in [-0.3, -0.25) is 30.2 Å². The molecule has 0 fully saturated rings. The second-order valence-corrected chi connectivity index (χ2v) is 9.02. The maximum absolute atomic E-state index is 13.6. The fourth-order valence-corrected chi connectivity index (χ4v) is 4.33. The van der Waals surface area contributed by atoms with Crippen molar-refractivity contribution in [2.45, 2.75) is 25.0 Å². The van der Waals surface area contributed by atoms with Crippen LogP contribution in [0.5, 0.6) is 0 Å². The molecule has 0 radical (unpaired) electrons. The molecule has 10 nitrogen and oxygen atoms in total. The molecule has 12 heteroatoms. The number of nitrogens with one attached hydrogen (secondary N) is 1. The predicted molar refractivity (Wildman–Crippen MR) is 138 cm³/mol. The van der Waals surface area contributed by atoms with Gasteiger partial charge in [0.25, 0.3) is 11.6 Å². The van der Waals surface area contributed by atoms with Crippen LogP contribution in [0.4, 0.5) is 20.2 Å². The zero-order valence-corrected chi connectivity index (χ0v) is 20.9. The van der Waals surface area contributed by atoms with E-state index in [4.69, 9.17) is 5.73 Å². The number of rotatable bonds is 7. The Labute approximate surface area is 221 Å². The van der Waals surface area contributed by atoms with Crippen LogP contribution < -0.4 is 16.0 Å². The van der Waals surface area contributed by atoms with Crippen molar-refractivity contribution in [2.75, 3.05) is 11.9 Å². The minimum atomic E-state index is -2.52. The van der Waals surface area contributed by atoms with Gasteiger partial charge in [0.05, 0.1) is 28.8 Å². The number of nitrogens with two attached hydrogens (primary N) is 1. The first-order valence-electron chi connectivity index (χ1n) is 11.7. The minimum Gasteiger partial charge on any atom is -0.346 e. The first-order chi connectivity index (χ1) is 18.4. The highest BCUT2D eigenvalue weighted by Gasteiger charge is 2.49. The van der Waals surface area contributed by atoms with E-state index < -0.39 is 52.3 Å². The molecule has 0 bridgehead atoms. The predicted octanol–water partition coefficient (Wildman–Crippen LogP) is 2.66. The number of aliphatic imine (C=N–C) groups is 1. The van der Waals surface area contributed by atoms with Crippen LogP contribution in [0.25, 0.3) is 0 Å². The smallest absolute Gasteiger partial charge is 0.277 e. The Kier molecular flexibility index (Phi) is 7.32. The van der Waals surface area contributed by atoms with Gasteiger partial charge in [-0.05, 0) is 30.7 Å². The van der Waals surface area contributed by atoms with Crippen LogP contribution >= 0.6 is 0 Å². The second kappa shape index (κ2) is 10.5. The van der Waals surface area contributed by atoms with E-state index in [1.54, 1.807) is 30.3 Å². The molecule has 0 saturated carbocycles. The Hall–Kier alpha value is -4.84. The third-order valence-electron chi connectivity index (χ3n) is 6.21. The quantitative estimate of drug-likeness (QED) is 0.270. The van der Waals surface area contributed by atoms with Crippen LogP contribution in [-0.2, 0) is 20.8 Å². The average Bonchev–Trinajstić information content (AvgIpc) is 2.97. The highest BCUT2D eigenvalue weighted by Crippen LogP contribution is 2.33. The maximum Gasteiger partial charge on any atom is 0.277 e. The highest BCUT2D eigenvalue weighted by atomic mass is 19.1. The molecule has 3 aromatic rings. The third kappa shape index (κ3) is 5.41. The summed E-state index contributed by atoms with van der Waals surface area (Å²) in [4.78, 5) is 56.1. The number of hydrogen-bond acceptors (Lipinski definition) is 7. The zero-order chi connectivity index (χ0) is 28.5. The molecule has 1 aliphatic heterocycles. The number of carbonyl (C=O) groups is 3. The van der Waals surface area contributed by atoms with Crippen molar-refractivity contribution in [3.05, 3.63) is 105 Å². The Morgan fingerprint density at radius 2 is 1.74 bits per heavy atom. The van der Waals surface area contributed by atoms with E-state index in [-0.39, 0.29) is 28.2 Å². The van der Waals surface area contributed by atoms with E-state index in [0.717, 1.165) is 17.0 Å². The Morgan fingerprint density at radius 1 is 1.10 bits per heavy atom. The van der Waals surface area contributed by atoms with E-state index in [2.05, 4.69) is 10.3 Å². The summed E-state index contributed by atoms with van der Waals surface area (Å²) in [6.07, 6.45) is -0.439. The molecule has 1 aliphatic rings. The number of nitrogens with zero attached hydrogens (tertiary/aromatic N) is 3. The van der Waals surface area contributed by atoms with Gasteiger partial charge in [-0.2, -0.15) is 0 Å². The SMILES string of the molecule is C[C@H](NC(=O)Cc1cc(F)cc(F)c1)C(=O)C1(N)N=C(c2ccccc2)c2cc([N+](=O)[O-])ccc2N(C)C1=O. The molecule has 1 unspecified atom stereocenters. The van der Waals surface area contributed by atoms with Gasteiger partial charge in [-0.15, -0.1) is 0 Å². The molecular formula is C27H23F2N5O5. The van der Waals surface area contributed by atoms with Gasteiger partial charge in [0.2, 0.25) is 17.4 Å². The van der Waals surface area contributed by atoms with E-state index in [1.807, 2.05) is 0 Å². The summed E-state index contributed by atoms with van der Waals surface area (Å²) in [5.41, 5.74) is 4.60. The highest BCUT2D eigenvalue weighted by molar-refractivity contribution is 6.26. The number of carbonyl (C=O) groups excluding carboxylic acids is 3. The summed E-state index contributed by atoms with van der Waals surface area (Å²) in [6.45, 7) is 1.30. The van der Waals surface area contributed by atoms with Gasteiger partial charge in [-0.1, -0.05) is 30.3 Å². The molecule has 3 aromatic carbocycles. The third-order valence-corrected chi connectivity index (χ3v) is 6.21. The number of ketones is 1. The lowest BCUT2D eigenvalue weighted by molar-refractivity contribution is -0.384. The average molecular weight is 536 g/mol. The van der Waals surface area contributed by atoms with Crippen molar-refractivity contribution in [1.82, 2.24) is 5.32 Å². The number of benzodiazepines with no additional fused rings is 1. The van der Waals surface area contributed by atoms with Gasteiger partial charge < -0.3 is 10.2 Å². The molecule has 39 heavy (non-hydrogen) atoms. The van der Waals surface area contributed by atoms with Gasteiger partial charge in [-0.25, -0.2) is 13.8 Å². The van der Waals surface area contributed by atoms with Crippen LogP contribution in [-0.4, -0.2) is 47.0 Å². The van der Waals surface area contributed by atoms with Crippen molar-refractivity contribution in [1.29, 1.82) is 0 Å². The van der Waals surface area contributed by atoms with E-state index in [1.165, 1.54) is 32.2 Å². The number of anilines is 1. The number of amides is 2. The molecule has 0 saturated heterocycles.